The van der Waals surface area contributed by atoms with Crippen molar-refractivity contribution in [2.45, 2.75) is 0 Å². The molecule has 0 aliphatic heterocycles. The maximum Gasteiger partial charge on any atom is 0.164 e. The molecule has 0 bridgehead atoms. The fourth-order valence-electron chi connectivity index (χ4n) is 14.2. The van der Waals surface area contributed by atoms with Gasteiger partial charge in [-0.2, -0.15) is 0 Å². The van der Waals surface area contributed by atoms with Gasteiger partial charge in [-0.05, 0) is 90.0 Å². The van der Waals surface area contributed by atoms with Crippen LogP contribution in [-0.2, 0) is 0 Å². The van der Waals surface area contributed by atoms with E-state index in [1.165, 1.54) is 16.2 Å². The highest BCUT2D eigenvalue weighted by Gasteiger charge is 2.24. The molecule has 10 heteroatoms. The average Bonchev–Trinajstić information content (AvgIpc) is 1.57. The third-order valence-electron chi connectivity index (χ3n) is 18.9. The molecule has 20 rings (SSSR count). The zero-order chi connectivity index (χ0) is 66.0. The van der Waals surface area contributed by atoms with Crippen molar-refractivity contribution in [3.05, 3.63) is 340 Å². The molecule has 0 amide bonds. The molecule has 100 heavy (non-hydrogen) atoms. The van der Waals surface area contributed by atoms with E-state index in [1.54, 1.807) is 0 Å². The normalized spacial score (nSPS) is 11.6. The lowest BCUT2D eigenvalue weighted by atomic mass is 10.00. The second-order valence-electron chi connectivity index (χ2n) is 24.9. The first-order valence-corrected chi connectivity index (χ1v) is 33.4. The highest BCUT2D eigenvalue weighted by molar-refractivity contribution is 6.19. The summed E-state index contributed by atoms with van der Waals surface area (Å²) in [6.07, 6.45) is 0. The van der Waals surface area contributed by atoms with Crippen LogP contribution in [0.2, 0.25) is 0 Å². The Labute approximate surface area is 573 Å². The lowest BCUT2D eigenvalue weighted by molar-refractivity contribution is 0.669. The van der Waals surface area contributed by atoms with Gasteiger partial charge < -0.3 is 18.0 Å². The quantitative estimate of drug-likeness (QED) is 0.133. The monoisotopic (exact) mass is 1280 g/mol. The molecule has 0 saturated heterocycles. The standard InChI is InChI=1S/2C45H28N4O/c1-4-14-29(15-5-1)35-26-32(45-47-43(30-16-6-2-7-17-30)46-44(48-45)31-18-8-3-9-19-31)24-25-39(35)49-38-22-12-10-20-33(38)36-28-42-37(27-40(36)49)34-21-11-13-23-41(34)50-42;1-4-14-29(15-5-1)35-26-32(45-47-43(30-16-6-2-7-17-30)46-44(48-45)31-18-8-3-9-19-31)24-25-39(35)49-38-22-12-10-20-33(38)36-27-37-34-21-11-13-23-41(34)50-42(37)28-40(36)49/h2*1-28H. The maximum absolute atomic E-state index is 6.40. The fraction of sp³-hybridized carbons (Fsp3) is 0. The average molecular weight is 1280 g/mol. The summed E-state index contributed by atoms with van der Waals surface area (Å²) in [4.78, 5) is 30.0. The van der Waals surface area contributed by atoms with Crippen molar-refractivity contribution >= 4 is 87.5 Å². The Bertz CT molecular complexity index is 6380. The van der Waals surface area contributed by atoms with Crippen molar-refractivity contribution in [3.8, 4) is 102 Å². The number of nitrogens with zero attached hydrogens (tertiary/aromatic N) is 8. The van der Waals surface area contributed by atoms with E-state index in [0.29, 0.717) is 34.9 Å². The summed E-state index contributed by atoms with van der Waals surface area (Å²) < 4.78 is 17.5. The van der Waals surface area contributed by atoms with Crippen LogP contribution in [0.25, 0.3) is 189 Å². The number of hydrogen-bond donors (Lipinski definition) is 0. The molecule has 0 unspecified atom stereocenters. The first kappa shape index (κ1) is 57.7. The van der Waals surface area contributed by atoms with E-state index in [2.05, 4.69) is 203 Å². The molecule has 6 heterocycles. The van der Waals surface area contributed by atoms with Gasteiger partial charge in [0.05, 0.1) is 33.4 Å². The molecule has 0 saturated carbocycles. The van der Waals surface area contributed by atoms with Crippen molar-refractivity contribution in [1.82, 2.24) is 39.0 Å². The van der Waals surface area contributed by atoms with E-state index < -0.39 is 0 Å². The van der Waals surface area contributed by atoms with Gasteiger partial charge in [0.2, 0.25) is 0 Å². The van der Waals surface area contributed by atoms with Gasteiger partial charge >= 0.3 is 0 Å². The van der Waals surface area contributed by atoms with Gasteiger partial charge in [-0.15, -0.1) is 0 Å². The number of para-hydroxylation sites is 4. The molecule has 0 spiro atoms. The van der Waals surface area contributed by atoms with Gasteiger partial charge in [0.1, 0.15) is 22.3 Å². The Balaban J connectivity index is 0.000000139. The highest BCUT2D eigenvalue weighted by Crippen LogP contribution is 2.44. The van der Waals surface area contributed by atoms with Gasteiger partial charge in [-0.3, -0.25) is 0 Å². The Kier molecular flexibility index (Phi) is 14.0. The van der Waals surface area contributed by atoms with Gasteiger partial charge in [0, 0.05) is 93.7 Å². The Morgan fingerprint density at radius 3 is 0.880 bits per heavy atom. The summed E-state index contributed by atoms with van der Waals surface area (Å²) in [7, 11) is 0. The second-order valence-corrected chi connectivity index (χ2v) is 24.9. The molecule has 14 aromatic carbocycles. The minimum atomic E-state index is 0.618. The van der Waals surface area contributed by atoms with Crippen LogP contribution in [0.3, 0.4) is 0 Å². The van der Waals surface area contributed by atoms with Crippen molar-refractivity contribution < 1.29 is 8.83 Å². The summed E-state index contributed by atoms with van der Waals surface area (Å²) in [5.41, 5.74) is 20.0. The van der Waals surface area contributed by atoms with E-state index >= 15 is 0 Å². The molecule has 20 aromatic rings. The Morgan fingerprint density at radius 1 is 0.180 bits per heavy atom. The number of hydrogen-bond acceptors (Lipinski definition) is 8. The van der Waals surface area contributed by atoms with Crippen LogP contribution in [0, 0.1) is 0 Å². The van der Waals surface area contributed by atoms with Gasteiger partial charge in [0.25, 0.3) is 0 Å². The topological polar surface area (TPSA) is 113 Å². The van der Waals surface area contributed by atoms with Crippen molar-refractivity contribution in [3.63, 3.8) is 0 Å². The Morgan fingerprint density at radius 2 is 0.480 bits per heavy atom. The van der Waals surface area contributed by atoms with Crippen LogP contribution in [-0.4, -0.2) is 39.0 Å². The predicted molar refractivity (Wildman–Crippen MR) is 406 cm³/mol. The number of fused-ring (bicyclic) bond motifs is 12. The molecule has 0 N–H and O–H groups in total. The van der Waals surface area contributed by atoms with Crippen LogP contribution >= 0.6 is 0 Å². The summed E-state index contributed by atoms with van der Waals surface area (Å²) in [5, 5.41) is 9.14. The predicted octanol–water partition coefficient (Wildman–Crippen LogP) is 23.1. The van der Waals surface area contributed by atoms with Gasteiger partial charge in [-0.1, -0.05) is 255 Å². The molecule has 0 atom stereocenters. The molecule has 0 aliphatic carbocycles. The van der Waals surface area contributed by atoms with Crippen LogP contribution in [0.1, 0.15) is 0 Å². The van der Waals surface area contributed by atoms with Crippen molar-refractivity contribution in [2.75, 3.05) is 0 Å². The molecule has 0 aliphatic rings. The summed E-state index contributed by atoms with van der Waals surface area (Å²) in [5.74, 6) is 3.79. The lowest BCUT2D eigenvalue weighted by Crippen LogP contribution is -2.02. The van der Waals surface area contributed by atoms with E-state index in [4.69, 9.17) is 38.7 Å². The zero-order valence-electron chi connectivity index (χ0n) is 53.7. The van der Waals surface area contributed by atoms with Gasteiger partial charge in [-0.25, -0.2) is 29.9 Å². The minimum absolute atomic E-state index is 0.618. The maximum atomic E-state index is 6.40. The molecule has 6 aromatic heterocycles. The SMILES string of the molecule is c1ccc(-c2nc(-c3ccccc3)nc(-c3ccc(-n4c5ccccc5c5cc6c(cc54)oc4ccccc46)c(-c4ccccc4)c3)n2)cc1.c1ccc(-c2nc(-c3ccccc3)nc(-c3ccc(-n4c5ccccc5c5cc6oc7ccccc7c6cc54)c(-c4ccccc4)c3)n2)cc1. The lowest BCUT2D eigenvalue weighted by Gasteiger charge is -2.16. The summed E-state index contributed by atoms with van der Waals surface area (Å²) in [6.45, 7) is 0. The molecule has 0 radical (unpaired) electrons. The molecule has 468 valence electrons. The molecular formula is C90H56N8O2. The van der Waals surface area contributed by atoms with E-state index in [1.807, 2.05) is 146 Å². The summed E-state index contributed by atoms with van der Waals surface area (Å²) in [6, 6.07) is 117. The minimum Gasteiger partial charge on any atom is -0.456 e. The first-order chi connectivity index (χ1) is 49.6. The third kappa shape index (κ3) is 10.1. The van der Waals surface area contributed by atoms with Crippen LogP contribution in [0.15, 0.2) is 349 Å². The highest BCUT2D eigenvalue weighted by atomic mass is 16.3. The molecule has 10 nitrogen and oxygen atoms in total. The largest absolute Gasteiger partial charge is 0.456 e. The number of aromatic nitrogens is 8. The van der Waals surface area contributed by atoms with Crippen molar-refractivity contribution in [2.24, 2.45) is 0 Å². The van der Waals surface area contributed by atoms with Crippen LogP contribution in [0.5, 0.6) is 0 Å². The third-order valence-corrected chi connectivity index (χ3v) is 18.9. The van der Waals surface area contributed by atoms with Crippen LogP contribution < -0.4 is 0 Å². The van der Waals surface area contributed by atoms with Crippen LogP contribution in [0.4, 0.5) is 0 Å². The number of benzene rings is 14. The Hall–Kier alpha value is -13.7. The van der Waals surface area contributed by atoms with Gasteiger partial charge in [0.15, 0.2) is 34.9 Å². The molecule has 0 fully saturated rings. The van der Waals surface area contributed by atoms with E-state index in [0.717, 1.165) is 138 Å². The van der Waals surface area contributed by atoms with E-state index in [-0.39, 0.29) is 0 Å². The number of rotatable bonds is 10. The second kappa shape index (κ2) is 24.2. The van der Waals surface area contributed by atoms with E-state index in [9.17, 15) is 0 Å². The summed E-state index contributed by atoms with van der Waals surface area (Å²) >= 11 is 0. The number of furan rings is 2. The zero-order valence-corrected chi connectivity index (χ0v) is 53.7. The molecular weight excluding hydrogens is 1230 g/mol. The smallest absolute Gasteiger partial charge is 0.164 e. The van der Waals surface area contributed by atoms with Crippen molar-refractivity contribution in [1.29, 1.82) is 0 Å². The fourth-order valence-corrected chi connectivity index (χ4v) is 14.2. The first-order valence-electron chi connectivity index (χ1n) is 33.4.